The van der Waals surface area contributed by atoms with Gasteiger partial charge >= 0.3 is 0 Å². The van der Waals surface area contributed by atoms with Crippen molar-refractivity contribution in [2.45, 2.75) is 19.8 Å². The monoisotopic (exact) mass is 259 g/mol. The molecule has 0 aliphatic carbocycles. The van der Waals surface area contributed by atoms with Crippen molar-refractivity contribution in [3.05, 3.63) is 23.9 Å². The van der Waals surface area contributed by atoms with Crippen molar-refractivity contribution in [1.29, 1.82) is 0 Å². The summed E-state index contributed by atoms with van der Waals surface area (Å²) in [6, 6.07) is 4.06. The largest absolute Gasteiger partial charge is 0.353 e. The van der Waals surface area contributed by atoms with Gasteiger partial charge in [-0.15, -0.1) is 5.10 Å². The Morgan fingerprint density at radius 1 is 1.32 bits per heavy atom. The molecule has 0 unspecified atom stereocenters. The second-order valence-corrected chi connectivity index (χ2v) is 5.57. The molecule has 1 saturated heterocycles. The van der Waals surface area contributed by atoms with Crippen LogP contribution < -0.4 is 5.32 Å². The molecule has 1 aliphatic rings. The highest BCUT2D eigenvalue weighted by atomic mass is 15.3. The summed E-state index contributed by atoms with van der Waals surface area (Å²) < 4.78 is 1.84. The van der Waals surface area contributed by atoms with Gasteiger partial charge in [0.1, 0.15) is 0 Å². The van der Waals surface area contributed by atoms with E-state index in [0.29, 0.717) is 0 Å². The zero-order valence-electron chi connectivity index (χ0n) is 11.6. The fourth-order valence-electron chi connectivity index (χ4n) is 2.56. The summed E-state index contributed by atoms with van der Waals surface area (Å²) in [5.41, 5.74) is 2.09. The van der Waals surface area contributed by atoms with Crippen molar-refractivity contribution in [2.24, 2.45) is 5.92 Å². The van der Waals surface area contributed by atoms with Crippen LogP contribution in [0.2, 0.25) is 0 Å². The molecule has 5 heteroatoms. The van der Waals surface area contributed by atoms with Gasteiger partial charge in [0, 0.05) is 12.7 Å². The summed E-state index contributed by atoms with van der Waals surface area (Å²) in [5, 5.41) is 7.83. The molecule has 2 aromatic heterocycles. The Morgan fingerprint density at radius 2 is 2.11 bits per heavy atom. The first-order valence-electron chi connectivity index (χ1n) is 6.96. The molecule has 0 amide bonds. The van der Waals surface area contributed by atoms with Crippen LogP contribution in [0.4, 0.5) is 5.95 Å². The average molecular weight is 259 g/mol. The van der Waals surface area contributed by atoms with E-state index in [1.807, 2.05) is 16.8 Å². The van der Waals surface area contributed by atoms with E-state index in [4.69, 9.17) is 0 Å². The van der Waals surface area contributed by atoms with Gasteiger partial charge in [-0.25, -0.2) is 4.52 Å². The first-order chi connectivity index (χ1) is 9.20. The average Bonchev–Trinajstić information content (AvgIpc) is 2.80. The quantitative estimate of drug-likeness (QED) is 0.913. The van der Waals surface area contributed by atoms with Gasteiger partial charge in [-0.05, 0) is 57.5 Å². The van der Waals surface area contributed by atoms with E-state index in [1.54, 1.807) is 0 Å². The van der Waals surface area contributed by atoms with E-state index in [9.17, 15) is 0 Å². The molecule has 3 heterocycles. The molecule has 1 aliphatic heterocycles. The van der Waals surface area contributed by atoms with Crippen molar-refractivity contribution in [2.75, 3.05) is 32.0 Å². The Bertz CT molecular complexity index is 554. The van der Waals surface area contributed by atoms with Gasteiger partial charge in [-0.3, -0.25) is 0 Å². The molecule has 0 radical (unpaired) electrons. The lowest BCUT2D eigenvalue weighted by Gasteiger charge is -2.28. The molecule has 5 nitrogen and oxygen atoms in total. The van der Waals surface area contributed by atoms with E-state index >= 15 is 0 Å². The molecule has 0 atom stereocenters. The number of nitrogens with zero attached hydrogens (tertiary/aromatic N) is 4. The number of rotatable bonds is 3. The second-order valence-electron chi connectivity index (χ2n) is 5.57. The molecule has 0 spiro atoms. The molecule has 1 fully saturated rings. The SMILES string of the molecule is Cc1ccc2nc(NCC3CCN(C)CC3)nn2c1. The molecule has 3 rings (SSSR count). The Balaban J connectivity index is 1.62. The van der Waals surface area contributed by atoms with Gasteiger partial charge in [0.05, 0.1) is 0 Å². The number of likely N-dealkylation sites (tertiary alicyclic amines) is 1. The summed E-state index contributed by atoms with van der Waals surface area (Å²) in [5.74, 6) is 1.48. The van der Waals surface area contributed by atoms with Crippen LogP contribution in [0.5, 0.6) is 0 Å². The molecule has 0 bridgehead atoms. The molecule has 102 valence electrons. The highest BCUT2D eigenvalue weighted by molar-refractivity contribution is 5.44. The Kier molecular flexibility index (Phi) is 3.38. The number of aryl methyl sites for hydroxylation is 1. The van der Waals surface area contributed by atoms with Crippen molar-refractivity contribution in [3.63, 3.8) is 0 Å². The molecule has 2 aromatic rings. The summed E-state index contributed by atoms with van der Waals surface area (Å²) in [7, 11) is 2.19. The van der Waals surface area contributed by atoms with Crippen LogP contribution in [0.3, 0.4) is 0 Å². The predicted molar refractivity (Wildman–Crippen MR) is 76.4 cm³/mol. The van der Waals surface area contributed by atoms with Crippen LogP contribution in [0.25, 0.3) is 5.65 Å². The van der Waals surface area contributed by atoms with Crippen LogP contribution in [-0.2, 0) is 0 Å². The molecular weight excluding hydrogens is 238 g/mol. The zero-order chi connectivity index (χ0) is 13.2. The van der Waals surface area contributed by atoms with Crippen molar-refractivity contribution in [3.8, 4) is 0 Å². The van der Waals surface area contributed by atoms with Crippen molar-refractivity contribution >= 4 is 11.6 Å². The minimum atomic E-state index is 0.740. The smallest absolute Gasteiger partial charge is 0.243 e. The van der Waals surface area contributed by atoms with Crippen molar-refractivity contribution < 1.29 is 0 Å². The number of nitrogens with one attached hydrogen (secondary N) is 1. The van der Waals surface area contributed by atoms with Crippen molar-refractivity contribution in [1.82, 2.24) is 19.5 Å². The lowest BCUT2D eigenvalue weighted by molar-refractivity contribution is 0.226. The number of aromatic nitrogens is 3. The third-order valence-corrected chi connectivity index (χ3v) is 3.87. The predicted octanol–water partition coefficient (Wildman–Crippen LogP) is 1.79. The fourth-order valence-corrected chi connectivity index (χ4v) is 2.56. The first kappa shape index (κ1) is 12.4. The van der Waals surface area contributed by atoms with Crippen LogP contribution >= 0.6 is 0 Å². The number of anilines is 1. The Labute approximate surface area is 113 Å². The summed E-state index contributed by atoms with van der Waals surface area (Å²) in [6.07, 6.45) is 4.52. The normalized spacial score (nSPS) is 18.0. The van der Waals surface area contributed by atoms with Gasteiger partial charge in [0.15, 0.2) is 5.65 Å². The number of piperidine rings is 1. The van der Waals surface area contributed by atoms with Crippen LogP contribution in [-0.4, -0.2) is 46.2 Å². The van der Waals surface area contributed by atoms with Gasteiger partial charge < -0.3 is 10.2 Å². The lowest BCUT2D eigenvalue weighted by atomic mass is 9.97. The number of pyridine rings is 1. The van der Waals surface area contributed by atoms with Gasteiger partial charge in [0.2, 0.25) is 5.95 Å². The molecule has 0 saturated carbocycles. The molecule has 1 N–H and O–H groups in total. The highest BCUT2D eigenvalue weighted by Crippen LogP contribution is 2.16. The van der Waals surface area contributed by atoms with Crippen LogP contribution in [0.15, 0.2) is 18.3 Å². The minimum absolute atomic E-state index is 0.740. The number of fused-ring (bicyclic) bond motifs is 1. The third-order valence-electron chi connectivity index (χ3n) is 3.87. The minimum Gasteiger partial charge on any atom is -0.353 e. The lowest BCUT2D eigenvalue weighted by Crippen LogP contribution is -2.33. The van der Waals surface area contributed by atoms with E-state index in [1.165, 1.54) is 31.5 Å². The maximum Gasteiger partial charge on any atom is 0.243 e. The van der Waals surface area contributed by atoms with E-state index < -0.39 is 0 Å². The maximum absolute atomic E-state index is 4.48. The molecule has 0 aromatic carbocycles. The number of hydrogen-bond acceptors (Lipinski definition) is 4. The first-order valence-corrected chi connectivity index (χ1v) is 6.96. The third kappa shape index (κ3) is 2.87. The highest BCUT2D eigenvalue weighted by Gasteiger charge is 2.16. The summed E-state index contributed by atoms with van der Waals surface area (Å²) >= 11 is 0. The van der Waals surface area contributed by atoms with Gasteiger partial charge in [-0.2, -0.15) is 4.98 Å². The van der Waals surface area contributed by atoms with E-state index in [-0.39, 0.29) is 0 Å². The Hall–Kier alpha value is -1.62. The Morgan fingerprint density at radius 3 is 2.89 bits per heavy atom. The fraction of sp³-hybridized carbons (Fsp3) is 0.571. The molecular formula is C14H21N5. The standard InChI is InChI=1S/C14H21N5/c1-11-3-4-13-16-14(17-19(13)10-11)15-9-12-5-7-18(2)8-6-12/h3-4,10,12H,5-9H2,1-2H3,(H,15,17). The summed E-state index contributed by atoms with van der Waals surface area (Å²) in [4.78, 5) is 6.87. The zero-order valence-corrected chi connectivity index (χ0v) is 11.6. The maximum atomic E-state index is 4.48. The number of hydrogen-bond donors (Lipinski definition) is 1. The van der Waals surface area contributed by atoms with Gasteiger partial charge in [-0.1, -0.05) is 6.07 Å². The van der Waals surface area contributed by atoms with Crippen LogP contribution in [0.1, 0.15) is 18.4 Å². The second kappa shape index (κ2) is 5.17. The molecule has 19 heavy (non-hydrogen) atoms. The topological polar surface area (TPSA) is 45.5 Å². The van der Waals surface area contributed by atoms with E-state index in [2.05, 4.69) is 40.3 Å². The summed E-state index contributed by atoms with van der Waals surface area (Å²) in [6.45, 7) is 5.44. The van der Waals surface area contributed by atoms with E-state index in [0.717, 1.165) is 24.1 Å². The van der Waals surface area contributed by atoms with Crippen LogP contribution in [0, 0.1) is 12.8 Å². The van der Waals surface area contributed by atoms with Gasteiger partial charge in [0.25, 0.3) is 0 Å².